The molecule has 2 unspecified atom stereocenters. The number of benzene rings is 2. The van der Waals surface area contributed by atoms with E-state index in [0.29, 0.717) is 18.5 Å². The monoisotopic (exact) mass is 331 g/mol. The van der Waals surface area contributed by atoms with E-state index in [1.54, 1.807) is 0 Å². The molecule has 1 aliphatic heterocycles. The van der Waals surface area contributed by atoms with Crippen LogP contribution in [0.4, 0.5) is 0 Å². The smallest absolute Gasteiger partial charge is 0.170 e. The molecule has 1 aliphatic rings. The molecule has 1 fully saturated rings. The molecule has 1 heterocycles. The first-order chi connectivity index (χ1) is 10.6. The summed E-state index contributed by atoms with van der Waals surface area (Å²) in [6, 6.07) is 18.8. The number of hydrogen-bond acceptors (Lipinski definition) is 3. The lowest BCUT2D eigenvalue weighted by molar-refractivity contribution is -0.0594. The van der Waals surface area contributed by atoms with E-state index in [0.717, 1.165) is 12.1 Å². The number of carbonyl (C=O) groups excluding carboxylic acids is 1. The van der Waals surface area contributed by atoms with Crippen molar-refractivity contribution in [1.29, 1.82) is 0 Å². The minimum Gasteiger partial charge on any atom is -0.384 e. The molecule has 2 atom stereocenters. The number of halogens is 1. The summed E-state index contributed by atoms with van der Waals surface area (Å²) in [6.45, 7) is 1.35. The Morgan fingerprint density at radius 3 is 2.26 bits per heavy atom. The van der Waals surface area contributed by atoms with E-state index < -0.39 is 11.5 Å². The molecule has 3 rings (SSSR count). The Hall–Kier alpha value is -1.68. The Labute approximate surface area is 143 Å². The van der Waals surface area contributed by atoms with Gasteiger partial charge in [0.15, 0.2) is 5.78 Å². The average Bonchev–Trinajstić information content (AvgIpc) is 2.58. The molecule has 0 aliphatic carbocycles. The number of hydrogen-bond donors (Lipinski definition) is 1. The Morgan fingerprint density at radius 2 is 1.65 bits per heavy atom. The van der Waals surface area contributed by atoms with E-state index in [9.17, 15) is 9.90 Å². The van der Waals surface area contributed by atoms with Gasteiger partial charge in [-0.1, -0.05) is 60.7 Å². The van der Waals surface area contributed by atoms with Crippen molar-refractivity contribution in [2.75, 3.05) is 20.1 Å². The molecular formula is C19H22ClNO2. The summed E-state index contributed by atoms with van der Waals surface area (Å²) in [7, 11) is 2.00. The number of rotatable bonds is 3. The second-order valence-electron chi connectivity index (χ2n) is 6.09. The lowest BCUT2D eigenvalue weighted by Crippen LogP contribution is -2.52. The van der Waals surface area contributed by atoms with Gasteiger partial charge >= 0.3 is 0 Å². The van der Waals surface area contributed by atoms with Crippen LogP contribution in [0.25, 0.3) is 0 Å². The van der Waals surface area contributed by atoms with Crippen LogP contribution >= 0.6 is 12.4 Å². The van der Waals surface area contributed by atoms with Gasteiger partial charge in [-0.15, -0.1) is 12.4 Å². The minimum absolute atomic E-state index is 0. The fraction of sp³-hybridized carbons (Fsp3) is 0.316. The first-order valence-electron chi connectivity index (χ1n) is 7.67. The number of ketones is 1. The highest BCUT2D eigenvalue weighted by atomic mass is 35.5. The van der Waals surface area contributed by atoms with Crippen molar-refractivity contribution in [1.82, 2.24) is 4.90 Å². The third-order valence-electron chi connectivity index (χ3n) is 4.59. The van der Waals surface area contributed by atoms with Crippen molar-refractivity contribution >= 4 is 18.2 Å². The zero-order valence-corrected chi connectivity index (χ0v) is 14.0. The van der Waals surface area contributed by atoms with Gasteiger partial charge in [-0.25, -0.2) is 0 Å². The molecule has 0 spiro atoms. The minimum atomic E-state index is -1.10. The van der Waals surface area contributed by atoms with Crippen molar-refractivity contribution in [3.05, 3.63) is 71.8 Å². The van der Waals surface area contributed by atoms with E-state index in [2.05, 4.69) is 4.90 Å². The van der Waals surface area contributed by atoms with Crippen LogP contribution in [-0.4, -0.2) is 35.9 Å². The maximum absolute atomic E-state index is 12.9. The Bertz CT molecular complexity index is 647. The molecule has 0 bridgehead atoms. The Balaban J connectivity index is 0.00000192. The van der Waals surface area contributed by atoms with Crippen LogP contribution in [0, 0.1) is 5.92 Å². The molecule has 0 radical (unpaired) electrons. The highest BCUT2D eigenvalue weighted by Gasteiger charge is 2.45. The summed E-state index contributed by atoms with van der Waals surface area (Å²) < 4.78 is 0. The van der Waals surface area contributed by atoms with E-state index in [1.807, 2.05) is 67.7 Å². The average molecular weight is 332 g/mol. The summed E-state index contributed by atoms with van der Waals surface area (Å²) in [5.74, 6) is -0.436. The van der Waals surface area contributed by atoms with Gasteiger partial charge in [-0.2, -0.15) is 0 Å². The van der Waals surface area contributed by atoms with Crippen LogP contribution in [0.1, 0.15) is 22.3 Å². The molecule has 4 heteroatoms. The zero-order chi connectivity index (χ0) is 15.6. The maximum Gasteiger partial charge on any atom is 0.170 e. The van der Waals surface area contributed by atoms with Crippen LogP contribution in [0.5, 0.6) is 0 Å². The largest absolute Gasteiger partial charge is 0.384 e. The van der Waals surface area contributed by atoms with Gasteiger partial charge in [0.1, 0.15) is 5.60 Å². The summed E-state index contributed by atoms with van der Waals surface area (Å²) in [4.78, 5) is 15.1. The molecular weight excluding hydrogens is 310 g/mol. The van der Waals surface area contributed by atoms with Gasteiger partial charge in [-0.05, 0) is 19.0 Å². The van der Waals surface area contributed by atoms with E-state index in [4.69, 9.17) is 0 Å². The van der Waals surface area contributed by atoms with Crippen LogP contribution in [-0.2, 0) is 5.60 Å². The SMILES string of the molecule is CN1CCC(O)(c2ccccc2)C(C(=O)c2ccccc2)C1.Cl. The predicted molar refractivity (Wildman–Crippen MR) is 94.0 cm³/mol. The van der Waals surface area contributed by atoms with Gasteiger partial charge in [-0.3, -0.25) is 4.79 Å². The fourth-order valence-corrected chi connectivity index (χ4v) is 3.27. The molecule has 2 aromatic carbocycles. The number of aliphatic hydroxyl groups is 1. The predicted octanol–water partition coefficient (Wildman–Crippen LogP) is 3.13. The molecule has 0 amide bonds. The first-order valence-corrected chi connectivity index (χ1v) is 7.67. The molecule has 122 valence electrons. The van der Waals surface area contributed by atoms with Crippen molar-refractivity contribution in [3.63, 3.8) is 0 Å². The number of nitrogens with zero attached hydrogens (tertiary/aromatic N) is 1. The van der Waals surface area contributed by atoms with Crippen molar-refractivity contribution < 1.29 is 9.90 Å². The Morgan fingerprint density at radius 1 is 1.09 bits per heavy atom. The quantitative estimate of drug-likeness (QED) is 0.878. The summed E-state index contributed by atoms with van der Waals surface area (Å²) in [6.07, 6.45) is 0.566. The summed E-state index contributed by atoms with van der Waals surface area (Å²) in [5, 5.41) is 11.3. The summed E-state index contributed by atoms with van der Waals surface area (Å²) >= 11 is 0. The number of carbonyl (C=O) groups is 1. The van der Waals surface area contributed by atoms with Gasteiger partial charge in [0, 0.05) is 18.7 Å². The van der Waals surface area contributed by atoms with E-state index in [-0.39, 0.29) is 18.2 Å². The van der Waals surface area contributed by atoms with Gasteiger partial charge in [0.05, 0.1) is 5.92 Å². The molecule has 23 heavy (non-hydrogen) atoms. The number of piperidine rings is 1. The molecule has 3 nitrogen and oxygen atoms in total. The molecule has 0 aromatic heterocycles. The highest BCUT2D eigenvalue weighted by Crippen LogP contribution is 2.38. The Kier molecular flexibility index (Phi) is 5.58. The molecule has 0 saturated carbocycles. The van der Waals surface area contributed by atoms with E-state index >= 15 is 0 Å². The topological polar surface area (TPSA) is 40.5 Å². The van der Waals surface area contributed by atoms with Gasteiger partial charge in [0.25, 0.3) is 0 Å². The molecule has 2 aromatic rings. The van der Waals surface area contributed by atoms with Gasteiger partial charge in [0.2, 0.25) is 0 Å². The highest BCUT2D eigenvalue weighted by molar-refractivity contribution is 5.98. The standard InChI is InChI=1S/C19H21NO2.ClH/c1-20-13-12-19(22,16-10-6-3-7-11-16)17(14-20)18(21)15-8-4-2-5-9-15;/h2-11,17,22H,12-14H2,1H3;1H. The van der Waals surface area contributed by atoms with Crippen molar-refractivity contribution in [3.8, 4) is 0 Å². The van der Waals surface area contributed by atoms with Gasteiger partial charge < -0.3 is 10.0 Å². The lowest BCUT2D eigenvalue weighted by atomic mass is 9.73. The maximum atomic E-state index is 12.9. The fourth-order valence-electron chi connectivity index (χ4n) is 3.27. The third kappa shape index (κ3) is 3.47. The van der Waals surface area contributed by atoms with Crippen molar-refractivity contribution in [2.24, 2.45) is 5.92 Å². The van der Waals surface area contributed by atoms with Crippen LogP contribution in [0.15, 0.2) is 60.7 Å². The van der Waals surface area contributed by atoms with E-state index in [1.165, 1.54) is 0 Å². The zero-order valence-electron chi connectivity index (χ0n) is 13.2. The molecule has 1 saturated heterocycles. The second kappa shape index (κ2) is 7.26. The van der Waals surface area contributed by atoms with Crippen LogP contribution in [0.3, 0.4) is 0 Å². The van der Waals surface area contributed by atoms with Crippen molar-refractivity contribution in [2.45, 2.75) is 12.0 Å². The third-order valence-corrected chi connectivity index (χ3v) is 4.59. The normalized spacial score (nSPS) is 24.7. The number of Topliss-reactive ketones (excluding diaryl/α,β-unsaturated/α-hetero) is 1. The molecule has 1 N–H and O–H groups in total. The first kappa shape index (κ1) is 17.7. The lowest BCUT2D eigenvalue weighted by Gasteiger charge is -2.43. The van der Waals surface area contributed by atoms with Crippen LogP contribution in [0.2, 0.25) is 0 Å². The second-order valence-corrected chi connectivity index (χ2v) is 6.09. The van der Waals surface area contributed by atoms with Crippen LogP contribution < -0.4 is 0 Å². The number of likely N-dealkylation sites (tertiary alicyclic amines) is 1. The summed E-state index contributed by atoms with van der Waals surface area (Å²) in [5.41, 5.74) is 0.398.